The molecule has 2 aliphatic heterocycles. The Morgan fingerprint density at radius 2 is 1.57 bits per heavy atom. The summed E-state index contributed by atoms with van der Waals surface area (Å²) in [5, 5.41) is 0. The van der Waals surface area contributed by atoms with E-state index >= 15 is 0 Å². The normalized spacial score (nSPS) is 19.0. The zero-order valence-corrected chi connectivity index (χ0v) is 16.1. The molecule has 1 amide bonds. The van der Waals surface area contributed by atoms with Gasteiger partial charge in [0.05, 0.1) is 13.2 Å². The molecule has 2 saturated heterocycles. The predicted octanol–water partition coefficient (Wildman–Crippen LogP) is 3.56. The molecule has 0 N–H and O–H groups in total. The van der Waals surface area contributed by atoms with Gasteiger partial charge < -0.3 is 9.64 Å². The molecular weight excluding hydrogens is 355 g/mol. The number of benzene rings is 2. The van der Waals surface area contributed by atoms with E-state index < -0.39 is 0 Å². The lowest BCUT2D eigenvalue weighted by Crippen LogP contribution is -2.46. The van der Waals surface area contributed by atoms with E-state index in [9.17, 15) is 9.18 Å². The molecule has 0 radical (unpaired) electrons. The van der Waals surface area contributed by atoms with Gasteiger partial charge in [-0.3, -0.25) is 9.69 Å². The summed E-state index contributed by atoms with van der Waals surface area (Å²) >= 11 is 0. The van der Waals surface area contributed by atoms with Crippen molar-refractivity contribution in [3.8, 4) is 11.1 Å². The van der Waals surface area contributed by atoms with E-state index in [1.54, 1.807) is 6.07 Å². The number of likely N-dealkylation sites (tertiary alicyclic amines) is 1. The van der Waals surface area contributed by atoms with Gasteiger partial charge in [0.1, 0.15) is 5.82 Å². The van der Waals surface area contributed by atoms with Crippen molar-refractivity contribution in [1.29, 1.82) is 0 Å². The molecule has 0 aromatic heterocycles. The summed E-state index contributed by atoms with van der Waals surface area (Å²) in [4.78, 5) is 17.0. The summed E-state index contributed by atoms with van der Waals surface area (Å²) in [5.74, 6) is 0.218. The highest BCUT2D eigenvalue weighted by Crippen LogP contribution is 2.28. The summed E-state index contributed by atoms with van der Waals surface area (Å²) < 4.78 is 19.6. The minimum absolute atomic E-state index is 0.121. The standard InChI is InChI=1S/C23H27FN2O2/c24-22-8-4-3-7-21(22)20-6-2-1-5-19(20)17-25-11-9-18(10-12-25)23(27)26-13-15-28-16-14-26/h1-8,18H,9-17H2. The largest absolute Gasteiger partial charge is 0.378 e. The molecule has 2 aromatic rings. The van der Waals surface area contributed by atoms with Crippen LogP contribution in [0.2, 0.25) is 0 Å². The summed E-state index contributed by atoms with van der Waals surface area (Å²) in [6.45, 7) is 5.31. The van der Waals surface area contributed by atoms with Gasteiger partial charge in [0.2, 0.25) is 5.91 Å². The zero-order valence-electron chi connectivity index (χ0n) is 16.1. The van der Waals surface area contributed by atoms with Gasteiger partial charge in [-0.1, -0.05) is 42.5 Å². The fourth-order valence-electron chi connectivity index (χ4n) is 4.22. The third kappa shape index (κ3) is 4.26. The lowest BCUT2D eigenvalue weighted by molar-refractivity contribution is -0.141. The molecule has 0 unspecified atom stereocenters. The second kappa shape index (κ2) is 8.84. The maximum Gasteiger partial charge on any atom is 0.225 e. The first-order valence-electron chi connectivity index (χ1n) is 10.1. The Morgan fingerprint density at radius 1 is 0.929 bits per heavy atom. The van der Waals surface area contributed by atoms with Crippen LogP contribution in [0.15, 0.2) is 48.5 Å². The fourth-order valence-corrected chi connectivity index (χ4v) is 4.22. The molecule has 4 rings (SSSR count). The van der Waals surface area contributed by atoms with Gasteiger partial charge in [-0.15, -0.1) is 0 Å². The first-order chi connectivity index (χ1) is 13.7. The molecule has 4 nitrogen and oxygen atoms in total. The summed E-state index contributed by atoms with van der Waals surface area (Å²) in [5.41, 5.74) is 2.73. The zero-order chi connectivity index (χ0) is 19.3. The average Bonchev–Trinajstić information content (AvgIpc) is 2.75. The maximum absolute atomic E-state index is 14.3. The summed E-state index contributed by atoms with van der Waals surface area (Å²) in [6, 6.07) is 15.0. The third-order valence-corrected chi connectivity index (χ3v) is 5.83. The van der Waals surface area contributed by atoms with E-state index in [-0.39, 0.29) is 17.6 Å². The first-order valence-corrected chi connectivity index (χ1v) is 10.1. The van der Waals surface area contributed by atoms with Crippen LogP contribution in [0.5, 0.6) is 0 Å². The van der Waals surface area contributed by atoms with Gasteiger partial charge in [0, 0.05) is 31.1 Å². The van der Waals surface area contributed by atoms with Crippen molar-refractivity contribution in [2.24, 2.45) is 5.92 Å². The van der Waals surface area contributed by atoms with Crippen LogP contribution >= 0.6 is 0 Å². The van der Waals surface area contributed by atoms with Crippen molar-refractivity contribution in [3.05, 3.63) is 59.9 Å². The number of morpholine rings is 1. The lowest BCUT2D eigenvalue weighted by Gasteiger charge is -2.35. The Hall–Kier alpha value is -2.24. The molecule has 148 valence electrons. The van der Waals surface area contributed by atoms with Gasteiger partial charge in [-0.25, -0.2) is 4.39 Å². The van der Waals surface area contributed by atoms with E-state index in [0.717, 1.165) is 56.7 Å². The Bertz CT molecular complexity index is 812. The number of nitrogens with zero attached hydrogens (tertiary/aromatic N) is 2. The van der Waals surface area contributed by atoms with Gasteiger partial charge in [-0.05, 0) is 43.1 Å². The molecular formula is C23H27FN2O2. The number of hydrogen-bond donors (Lipinski definition) is 0. The molecule has 0 atom stereocenters. The van der Waals surface area contributed by atoms with Gasteiger partial charge in [0.15, 0.2) is 0 Å². The monoisotopic (exact) mass is 382 g/mol. The Kier molecular flexibility index (Phi) is 6.03. The van der Waals surface area contributed by atoms with E-state index in [1.165, 1.54) is 6.07 Å². The maximum atomic E-state index is 14.3. The SMILES string of the molecule is O=C(C1CCN(Cc2ccccc2-c2ccccc2F)CC1)N1CCOCC1. The molecule has 0 aliphatic carbocycles. The highest BCUT2D eigenvalue weighted by Gasteiger charge is 2.29. The van der Waals surface area contributed by atoms with Crippen LogP contribution in [0.1, 0.15) is 18.4 Å². The van der Waals surface area contributed by atoms with Gasteiger partial charge in [0.25, 0.3) is 0 Å². The van der Waals surface area contributed by atoms with E-state index in [4.69, 9.17) is 4.74 Å². The number of carbonyl (C=O) groups is 1. The highest BCUT2D eigenvalue weighted by atomic mass is 19.1. The topological polar surface area (TPSA) is 32.8 Å². The Labute approximate surface area is 165 Å². The minimum atomic E-state index is -0.190. The second-order valence-electron chi connectivity index (χ2n) is 7.63. The second-order valence-corrected chi connectivity index (χ2v) is 7.63. The molecule has 2 fully saturated rings. The van der Waals surface area contributed by atoms with Crippen molar-refractivity contribution in [3.63, 3.8) is 0 Å². The molecule has 5 heteroatoms. The summed E-state index contributed by atoms with van der Waals surface area (Å²) in [6.07, 6.45) is 1.77. The molecule has 2 aliphatic rings. The molecule has 0 bridgehead atoms. The molecule has 0 saturated carbocycles. The number of ether oxygens (including phenoxy) is 1. The molecule has 2 heterocycles. The number of carbonyl (C=O) groups excluding carboxylic acids is 1. The number of hydrogen-bond acceptors (Lipinski definition) is 3. The van der Waals surface area contributed by atoms with Crippen LogP contribution in [0.25, 0.3) is 11.1 Å². The summed E-state index contributed by atoms with van der Waals surface area (Å²) in [7, 11) is 0. The van der Waals surface area contributed by atoms with Crippen molar-refractivity contribution >= 4 is 5.91 Å². The van der Waals surface area contributed by atoms with Crippen LogP contribution in [0, 0.1) is 11.7 Å². The number of rotatable bonds is 4. The Morgan fingerprint density at radius 3 is 2.29 bits per heavy atom. The van der Waals surface area contributed by atoms with E-state index in [0.29, 0.717) is 18.8 Å². The molecule has 0 spiro atoms. The van der Waals surface area contributed by atoms with Crippen molar-refractivity contribution in [2.45, 2.75) is 19.4 Å². The molecule has 28 heavy (non-hydrogen) atoms. The Balaban J connectivity index is 1.39. The number of piperidine rings is 1. The predicted molar refractivity (Wildman–Crippen MR) is 107 cm³/mol. The van der Waals surface area contributed by atoms with Gasteiger partial charge >= 0.3 is 0 Å². The number of amides is 1. The van der Waals surface area contributed by atoms with Crippen molar-refractivity contribution < 1.29 is 13.9 Å². The third-order valence-electron chi connectivity index (χ3n) is 5.83. The van der Waals surface area contributed by atoms with Crippen LogP contribution in [0.3, 0.4) is 0 Å². The quantitative estimate of drug-likeness (QED) is 0.811. The molecule has 2 aromatic carbocycles. The average molecular weight is 382 g/mol. The van der Waals surface area contributed by atoms with Crippen molar-refractivity contribution in [1.82, 2.24) is 9.80 Å². The van der Waals surface area contributed by atoms with Crippen LogP contribution in [-0.2, 0) is 16.1 Å². The lowest BCUT2D eigenvalue weighted by atomic mass is 9.93. The number of halogens is 1. The minimum Gasteiger partial charge on any atom is -0.378 e. The van der Waals surface area contributed by atoms with E-state index in [1.807, 2.05) is 35.2 Å². The van der Waals surface area contributed by atoms with Gasteiger partial charge in [-0.2, -0.15) is 0 Å². The smallest absolute Gasteiger partial charge is 0.225 e. The first kappa shape index (κ1) is 19.1. The van der Waals surface area contributed by atoms with Crippen molar-refractivity contribution in [2.75, 3.05) is 39.4 Å². The van der Waals surface area contributed by atoms with Crippen LogP contribution < -0.4 is 0 Å². The fraction of sp³-hybridized carbons (Fsp3) is 0.435. The highest BCUT2D eigenvalue weighted by molar-refractivity contribution is 5.79. The van der Waals surface area contributed by atoms with Crippen LogP contribution in [0.4, 0.5) is 4.39 Å². The van der Waals surface area contributed by atoms with E-state index in [2.05, 4.69) is 11.0 Å². The van der Waals surface area contributed by atoms with Crippen LogP contribution in [-0.4, -0.2) is 55.1 Å².